The molecule has 1 aromatic heterocycles. The third kappa shape index (κ3) is 2.89. The molecule has 0 saturated heterocycles. The average molecular weight is 287 g/mol. The Labute approximate surface area is 120 Å². The molecule has 3 rings (SSSR count). The molecule has 0 radical (unpaired) electrons. The lowest BCUT2D eigenvalue weighted by atomic mass is 10.00. The standard InChI is InChI=1S/C17H12F3N/c18-17(19,20)16-11-13(10-12-6-2-1-3-7-12)14-8-4-5-9-15(14)21-16/h1-9,11H,10H2. The summed E-state index contributed by atoms with van der Waals surface area (Å²) in [6.07, 6.45) is -3.98. The summed E-state index contributed by atoms with van der Waals surface area (Å²) in [4.78, 5) is 3.72. The second-order valence-electron chi connectivity index (χ2n) is 4.84. The van der Waals surface area contributed by atoms with Gasteiger partial charge in [0.1, 0.15) is 5.69 Å². The van der Waals surface area contributed by atoms with E-state index in [0.29, 0.717) is 17.5 Å². The fourth-order valence-electron chi connectivity index (χ4n) is 2.35. The van der Waals surface area contributed by atoms with Gasteiger partial charge in [-0.15, -0.1) is 0 Å². The van der Waals surface area contributed by atoms with E-state index in [2.05, 4.69) is 4.98 Å². The second kappa shape index (κ2) is 5.20. The summed E-state index contributed by atoms with van der Waals surface area (Å²) < 4.78 is 38.9. The van der Waals surface area contributed by atoms with Crippen molar-refractivity contribution < 1.29 is 13.2 Å². The Bertz CT molecular complexity index is 764. The van der Waals surface area contributed by atoms with Crippen LogP contribution in [0.15, 0.2) is 60.7 Å². The fraction of sp³-hybridized carbons (Fsp3) is 0.118. The topological polar surface area (TPSA) is 12.9 Å². The number of rotatable bonds is 2. The molecule has 106 valence electrons. The SMILES string of the molecule is FC(F)(F)c1cc(Cc2ccccc2)c2ccccc2n1. The Balaban J connectivity index is 2.15. The van der Waals surface area contributed by atoms with Crippen LogP contribution < -0.4 is 0 Å². The summed E-state index contributed by atoms with van der Waals surface area (Å²) in [6.45, 7) is 0. The van der Waals surface area contributed by atoms with Gasteiger partial charge in [0.15, 0.2) is 0 Å². The third-order valence-corrected chi connectivity index (χ3v) is 3.33. The zero-order valence-electron chi connectivity index (χ0n) is 11.1. The summed E-state index contributed by atoms with van der Waals surface area (Å²) in [6, 6.07) is 17.5. The van der Waals surface area contributed by atoms with Gasteiger partial charge in [-0.05, 0) is 29.7 Å². The van der Waals surface area contributed by atoms with E-state index in [0.717, 1.165) is 17.0 Å². The molecule has 3 aromatic rings. The van der Waals surface area contributed by atoms with Crippen molar-refractivity contribution in [1.29, 1.82) is 0 Å². The molecule has 0 bridgehead atoms. The van der Waals surface area contributed by atoms with Crippen LogP contribution in [0.2, 0.25) is 0 Å². The third-order valence-electron chi connectivity index (χ3n) is 3.33. The summed E-state index contributed by atoms with van der Waals surface area (Å²) in [5.74, 6) is 0. The number of pyridine rings is 1. The highest BCUT2D eigenvalue weighted by atomic mass is 19.4. The molecule has 0 saturated carbocycles. The quantitative estimate of drug-likeness (QED) is 0.657. The van der Waals surface area contributed by atoms with Crippen molar-refractivity contribution in [1.82, 2.24) is 4.98 Å². The predicted octanol–water partition coefficient (Wildman–Crippen LogP) is 4.84. The molecule has 2 aromatic carbocycles. The van der Waals surface area contributed by atoms with Gasteiger partial charge in [-0.1, -0.05) is 48.5 Å². The lowest BCUT2D eigenvalue weighted by Gasteiger charge is -2.12. The minimum absolute atomic E-state index is 0.373. The minimum Gasteiger partial charge on any atom is -0.243 e. The van der Waals surface area contributed by atoms with Crippen LogP contribution in [0.4, 0.5) is 13.2 Å². The van der Waals surface area contributed by atoms with Crippen LogP contribution in [0, 0.1) is 0 Å². The van der Waals surface area contributed by atoms with Crippen molar-refractivity contribution in [3.63, 3.8) is 0 Å². The fourth-order valence-corrected chi connectivity index (χ4v) is 2.35. The number of para-hydroxylation sites is 1. The number of nitrogens with zero attached hydrogens (tertiary/aromatic N) is 1. The number of aromatic nitrogens is 1. The lowest BCUT2D eigenvalue weighted by Crippen LogP contribution is -2.09. The van der Waals surface area contributed by atoms with Crippen LogP contribution in [-0.2, 0) is 12.6 Å². The minimum atomic E-state index is -4.44. The molecule has 0 spiro atoms. The van der Waals surface area contributed by atoms with Crippen LogP contribution in [0.1, 0.15) is 16.8 Å². The molecule has 0 atom stereocenters. The molecule has 0 aliphatic heterocycles. The van der Waals surface area contributed by atoms with Gasteiger partial charge < -0.3 is 0 Å². The Morgan fingerprint density at radius 1 is 0.857 bits per heavy atom. The van der Waals surface area contributed by atoms with Crippen molar-refractivity contribution in [2.24, 2.45) is 0 Å². The molecule has 1 nitrogen and oxygen atoms in total. The maximum atomic E-state index is 13.0. The number of fused-ring (bicyclic) bond motifs is 1. The van der Waals surface area contributed by atoms with E-state index < -0.39 is 11.9 Å². The van der Waals surface area contributed by atoms with Crippen molar-refractivity contribution in [2.45, 2.75) is 12.6 Å². The van der Waals surface area contributed by atoms with Crippen LogP contribution in [0.3, 0.4) is 0 Å². The smallest absolute Gasteiger partial charge is 0.243 e. The zero-order valence-corrected chi connectivity index (χ0v) is 11.1. The van der Waals surface area contributed by atoms with E-state index in [-0.39, 0.29) is 0 Å². The molecule has 21 heavy (non-hydrogen) atoms. The highest BCUT2D eigenvalue weighted by Crippen LogP contribution is 2.31. The van der Waals surface area contributed by atoms with E-state index in [1.54, 1.807) is 18.2 Å². The highest BCUT2D eigenvalue weighted by Gasteiger charge is 2.33. The Morgan fingerprint density at radius 2 is 1.52 bits per heavy atom. The number of benzene rings is 2. The van der Waals surface area contributed by atoms with E-state index in [4.69, 9.17) is 0 Å². The first-order chi connectivity index (χ1) is 10.0. The first-order valence-electron chi connectivity index (χ1n) is 6.54. The lowest BCUT2D eigenvalue weighted by molar-refractivity contribution is -0.141. The Morgan fingerprint density at radius 3 is 2.24 bits per heavy atom. The Kier molecular flexibility index (Phi) is 3.37. The first kappa shape index (κ1) is 13.6. The van der Waals surface area contributed by atoms with Gasteiger partial charge in [0, 0.05) is 5.39 Å². The van der Waals surface area contributed by atoms with Crippen molar-refractivity contribution >= 4 is 10.9 Å². The van der Waals surface area contributed by atoms with Gasteiger partial charge in [0.2, 0.25) is 0 Å². The number of hydrogen-bond donors (Lipinski definition) is 0. The van der Waals surface area contributed by atoms with Gasteiger partial charge in [-0.2, -0.15) is 13.2 Å². The first-order valence-corrected chi connectivity index (χ1v) is 6.54. The van der Waals surface area contributed by atoms with Crippen LogP contribution in [0.5, 0.6) is 0 Å². The maximum absolute atomic E-state index is 13.0. The van der Waals surface area contributed by atoms with Crippen LogP contribution in [-0.4, -0.2) is 4.98 Å². The molecule has 0 fully saturated rings. The molecular formula is C17H12F3N. The summed E-state index contributed by atoms with van der Waals surface area (Å²) in [5.41, 5.74) is 1.14. The number of halogens is 3. The zero-order chi connectivity index (χ0) is 14.9. The van der Waals surface area contributed by atoms with Gasteiger partial charge in [0.05, 0.1) is 5.52 Å². The maximum Gasteiger partial charge on any atom is 0.433 e. The second-order valence-corrected chi connectivity index (χ2v) is 4.84. The summed E-state index contributed by atoms with van der Waals surface area (Å²) in [5, 5.41) is 0.759. The van der Waals surface area contributed by atoms with Crippen molar-refractivity contribution in [3.05, 3.63) is 77.5 Å². The molecule has 0 amide bonds. The van der Waals surface area contributed by atoms with Crippen LogP contribution in [0.25, 0.3) is 10.9 Å². The average Bonchev–Trinajstić information content (AvgIpc) is 2.47. The van der Waals surface area contributed by atoms with E-state index >= 15 is 0 Å². The Hall–Kier alpha value is -2.36. The molecular weight excluding hydrogens is 275 g/mol. The summed E-state index contributed by atoms with van der Waals surface area (Å²) >= 11 is 0. The molecule has 4 heteroatoms. The molecule has 1 heterocycles. The molecule has 0 unspecified atom stereocenters. The van der Waals surface area contributed by atoms with Gasteiger partial charge in [-0.3, -0.25) is 0 Å². The van der Waals surface area contributed by atoms with Gasteiger partial charge >= 0.3 is 6.18 Å². The van der Waals surface area contributed by atoms with E-state index in [1.165, 1.54) is 0 Å². The van der Waals surface area contributed by atoms with Crippen molar-refractivity contribution in [2.75, 3.05) is 0 Å². The van der Waals surface area contributed by atoms with Crippen molar-refractivity contribution in [3.8, 4) is 0 Å². The largest absolute Gasteiger partial charge is 0.433 e. The normalized spacial score (nSPS) is 11.8. The summed E-state index contributed by atoms with van der Waals surface area (Å²) in [7, 11) is 0. The van der Waals surface area contributed by atoms with E-state index in [1.807, 2.05) is 36.4 Å². The monoisotopic (exact) mass is 287 g/mol. The van der Waals surface area contributed by atoms with Gasteiger partial charge in [-0.25, -0.2) is 4.98 Å². The molecule has 0 aliphatic carbocycles. The number of alkyl halides is 3. The number of hydrogen-bond acceptors (Lipinski definition) is 1. The predicted molar refractivity (Wildman–Crippen MR) is 76.0 cm³/mol. The molecule has 0 aliphatic rings. The highest BCUT2D eigenvalue weighted by molar-refractivity contribution is 5.82. The molecule has 0 N–H and O–H groups in total. The van der Waals surface area contributed by atoms with E-state index in [9.17, 15) is 13.2 Å². The van der Waals surface area contributed by atoms with Gasteiger partial charge in [0.25, 0.3) is 0 Å². The van der Waals surface area contributed by atoms with Crippen LogP contribution >= 0.6 is 0 Å².